The molecule has 3 heterocycles. The number of rotatable bonds is 5. The lowest BCUT2D eigenvalue weighted by atomic mass is 10.1. The number of fused-ring (bicyclic) bond motifs is 1. The Balaban J connectivity index is 1.41. The molecule has 0 N–H and O–H groups in total. The molecule has 1 saturated heterocycles. The zero-order chi connectivity index (χ0) is 22.8. The van der Waals surface area contributed by atoms with Crippen LogP contribution in [0.15, 0.2) is 77.9 Å². The lowest BCUT2D eigenvalue weighted by molar-refractivity contribution is 0.0628. The van der Waals surface area contributed by atoms with Gasteiger partial charge in [0.05, 0.1) is 16.8 Å². The third-order valence-electron chi connectivity index (χ3n) is 6.23. The SMILES string of the molecule is CCn1cc(C(=O)N2CCN(Cc3ccccc3)CC2)c2nn(-c3ccccc3)c(=O)c-2c1. The van der Waals surface area contributed by atoms with Gasteiger partial charge in [0.15, 0.2) is 0 Å². The Morgan fingerprint density at radius 1 is 0.909 bits per heavy atom. The summed E-state index contributed by atoms with van der Waals surface area (Å²) < 4.78 is 3.28. The van der Waals surface area contributed by atoms with E-state index in [1.54, 1.807) is 6.20 Å². The van der Waals surface area contributed by atoms with Gasteiger partial charge < -0.3 is 9.47 Å². The van der Waals surface area contributed by atoms with Crippen LogP contribution in [0.4, 0.5) is 0 Å². The number of carbonyl (C=O) groups excluding carboxylic acids is 1. The van der Waals surface area contributed by atoms with Crippen LogP contribution in [0, 0.1) is 0 Å². The Morgan fingerprint density at radius 3 is 2.24 bits per heavy atom. The van der Waals surface area contributed by atoms with Crippen molar-refractivity contribution in [3.8, 4) is 16.9 Å². The van der Waals surface area contributed by atoms with Crippen LogP contribution in [0.3, 0.4) is 0 Å². The molecule has 0 aliphatic carbocycles. The van der Waals surface area contributed by atoms with Gasteiger partial charge in [-0.1, -0.05) is 48.5 Å². The van der Waals surface area contributed by atoms with Gasteiger partial charge in [0, 0.05) is 51.7 Å². The van der Waals surface area contributed by atoms with Gasteiger partial charge in [-0.25, -0.2) is 0 Å². The van der Waals surface area contributed by atoms with Crippen molar-refractivity contribution in [2.24, 2.45) is 0 Å². The fourth-order valence-electron chi connectivity index (χ4n) is 4.36. The number of pyridine rings is 1. The predicted molar refractivity (Wildman–Crippen MR) is 128 cm³/mol. The van der Waals surface area contributed by atoms with Gasteiger partial charge in [0.25, 0.3) is 11.5 Å². The van der Waals surface area contributed by atoms with Crippen molar-refractivity contribution >= 4 is 5.91 Å². The minimum atomic E-state index is -0.208. The van der Waals surface area contributed by atoms with Crippen LogP contribution in [0.5, 0.6) is 0 Å². The van der Waals surface area contributed by atoms with Gasteiger partial charge in [-0.05, 0) is 24.6 Å². The summed E-state index contributed by atoms with van der Waals surface area (Å²) in [6.45, 7) is 6.47. The molecule has 33 heavy (non-hydrogen) atoms. The fourth-order valence-corrected chi connectivity index (χ4v) is 4.36. The summed E-state index contributed by atoms with van der Waals surface area (Å²) in [5, 5.41) is 4.58. The summed E-state index contributed by atoms with van der Waals surface area (Å²) in [6, 6.07) is 19.7. The first-order chi connectivity index (χ1) is 16.1. The molecule has 3 aliphatic heterocycles. The number of nitrogens with zero attached hydrogens (tertiary/aromatic N) is 5. The Morgan fingerprint density at radius 2 is 1.58 bits per heavy atom. The van der Waals surface area contributed by atoms with Gasteiger partial charge in [0.1, 0.15) is 5.69 Å². The zero-order valence-electron chi connectivity index (χ0n) is 18.7. The van der Waals surface area contributed by atoms with Gasteiger partial charge in [0.2, 0.25) is 0 Å². The zero-order valence-corrected chi connectivity index (χ0v) is 18.7. The fraction of sp³-hybridized carbons (Fsp3) is 0.269. The van der Waals surface area contributed by atoms with Crippen molar-refractivity contribution < 1.29 is 4.79 Å². The molecule has 168 valence electrons. The number of hydrogen-bond acceptors (Lipinski definition) is 4. The molecule has 0 atom stereocenters. The lowest BCUT2D eigenvalue weighted by Gasteiger charge is -2.35. The number of aromatic nitrogens is 3. The smallest absolute Gasteiger partial charge is 0.282 e. The first kappa shape index (κ1) is 21.2. The topological polar surface area (TPSA) is 63.4 Å². The Bertz CT molecular complexity index is 1270. The van der Waals surface area contributed by atoms with E-state index in [1.807, 2.05) is 59.0 Å². The standard InChI is InChI=1S/C26H27N5O2/c1-2-28-18-22(24-23(19-28)26(33)31(27-24)21-11-7-4-8-12-21)25(32)30-15-13-29(14-16-30)17-20-9-5-3-6-10-20/h3-12,18-19H,2,13-17H2,1H3. The first-order valence-electron chi connectivity index (χ1n) is 11.4. The van der Waals surface area contributed by atoms with Crippen molar-refractivity contribution in [3.05, 3.63) is 94.5 Å². The second kappa shape index (κ2) is 9.03. The second-order valence-electron chi connectivity index (χ2n) is 8.37. The van der Waals surface area contributed by atoms with E-state index in [-0.39, 0.29) is 11.5 Å². The average molecular weight is 442 g/mol. The van der Waals surface area contributed by atoms with Gasteiger partial charge in [-0.15, -0.1) is 0 Å². The van der Waals surface area contributed by atoms with Gasteiger partial charge in [-0.3, -0.25) is 14.5 Å². The molecule has 0 radical (unpaired) electrons. The van der Waals surface area contributed by atoms with Crippen LogP contribution in [0.2, 0.25) is 0 Å². The van der Waals surface area contributed by atoms with E-state index in [0.717, 1.165) is 19.6 Å². The summed E-state index contributed by atoms with van der Waals surface area (Å²) >= 11 is 0. The van der Waals surface area contributed by atoms with Crippen molar-refractivity contribution in [2.45, 2.75) is 20.0 Å². The van der Waals surface area contributed by atoms with Crippen molar-refractivity contribution in [2.75, 3.05) is 26.2 Å². The molecule has 0 saturated carbocycles. The number of para-hydroxylation sites is 1. The van der Waals surface area contributed by atoms with E-state index < -0.39 is 0 Å². The molecule has 0 aromatic heterocycles. The largest absolute Gasteiger partial charge is 0.353 e. The number of piperazine rings is 1. The quantitative estimate of drug-likeness (QED) is 0.477. The minimum Gasteiger partial charge on any atom is -0.353 e. The molecule has 0 spiro atoms. The maximum absolute atomic E-state index is 13.5. The van der Waals surface area contributed by atoms with Crippen LogP contribution in [-0.4, -0.2) is 56.2 Å². The summed E-state index contributed by atoms with van der Waals surface area (Å²) in [5.74, 6) is -0.0696. The summed E-state index contributed by atoms with van der Waals surface area (Å²) in [6.07, 6.45) is 3.61. The van der Waals surface area contributed by atoms with Crippen LogP contribution in [-0.2, 0) is 13.1 Å². The molecule has 1 amide bonds. The minimum absolute atomic E-state index is 0.0696. The number of aryl methyl sites for hydroxylation is 1. The first-order valence-corrected chi connectivity index (χ1v) is 11.4. The molecule has 0 bridgehead atoms. The third-order valence-corrected chi connectivity index (χ3v) is 6.23. The molecular weight excluding hydrogens is 414 g/mol. The highest BCUT2D eigenvalue weighted by Gasteiger charge is 2.29. The number of carbonyl (C=O) groups is 1. The number of amides is 1. The molecule has 2 aromatic rings. The normalized spacial score (nSPS) is 14.6. The van der Waals surface area contributed by atoms with E-state index in [0.29, 0.717) is 42.1 Å². The summed E-state index contributed by atoms with van der Waals surface area (Å²) in [5.41, 5.74) is 3.17. The van der Waals surface area contributed by atoms with E-state index in [1.165, 1.54) is 10.2 Å². The summed E-state index contributed by atoms with van der Waals surface area (Å²) in [4.78, 5) is 30.9. The van der Waals surface area contributed by atoms with E-state index in [9.17, 15) is 9.59 Å². The van der Waals surface area contributed by atoms with Crippen LogP contribution in [0.25, 0.3) is 16.9 Å². The molecule has 7 nitrogen and oxygen atoms in total. The second-order valence-corrected chi connectivity index (χ2v) is 8.37. The monoisotopic (exact) mass is 441 g/mol. The van der Waals surface area contributed by atoms with Crippen molar-refractivity contribution in [1.82, 2.24) is 24.1 Å². The van der Waals surface area contributed by atoms with Crippen LogP contribution < -0.4 is 5.56 Å². The average Bonchev–Trinajstić information content (AvgIpc) is 3.21. The summed E-state index contributed by atoms with van der Waals surface area (Å²) in [7, 11) is 0. The molecule has 2 aromatic carbocycles. The van der Waals surface area contributed by atoms with Crippen LogP contribution >= 0.6 is 0 Å². The molecule has 7 heteroatoms. The highest BCUT2D eigenvalue weighted by Crippen LogP contribution is 2.24. The maximum Gasteiger partial charge on any atom is 0.282 e. The van der Waals surface area contributed by atoms with E-state index >= 15 is 0 Å². The molecule has 1 fully saturated rings. The maximum atomic E-state index is 13.5. The third kappa shape index (κ3) is 4.19. The predicted octanol–water partition coefficient (Wildman–Crippen LogP) is 3.12. The number of benzene rings is 2. The Hall–Kier alpha value is -3.71. The van der Waals surface area contributed by atoms with E-state index in [2.05, 4.69) is 34.3 Å². The highest BCUT2D eigenvalue weighted by molar-refractivity contribution is 6.00. The molecule has 5 rings (SSSR count). The molecule has 3 aliphatic rings. The molecule has 0 unspecified atom stereocenters. The van der Waals surface area contributed by atoms with Gasteiger partial charge in [-0.2, -0.15) is 9.78 Å². The lowest BCUT2D eigenvalue weighted by Crippen LogP contribution is -2.48. The molecular formula is C26H27N5O2. The van der Waals surface area contributed by atoms with Crippen molar-refractivity contribution in [3.63, 3.8) is 0 Å². The van der Waals surface area contributed by atoms with Crippen molar-refractivity contribution in [1.29, 1.82) is 0 Å². The Kier molecular flexibility index (Phi) is 5.79. The highest BCUT2D eigenvalue weighted by atomic mass is 16.2. The van der Waals surface area contributed by atoms with Gasteiger partial charge >= 0.3 is 0 Å². The van der Waals surface area contributed by atoms with Crippen LogP contribution in [0.1, 0.15) is 22.8 Å². The van der Waals surface area contributed by atoms with E-state index in [4.69, 9.17) is 0 Å². The number of hydrogen-bond donors (Lipinski definition) is 0. The Labute approximate surface area is 192 Å².